The normalized spacial score (nSPS) is 10.8. The minimum atomic E-state index is -1.67. The monoisotopic (exact) mass is 890 g/mol. The summed E-state index contributed by atoms with van der Waals surface area (Å²) in [7, 11) is 0. The van der Waals surface area contributed by atoms with Crippen LogP contribution in [-0.4, -0.2) is 52.5 Å². The van der Waals surface area contributed by atoms with Crippen molar-refractivity contribution in [3.8, 4) is 0 Å². The molecule has 0 bridgehead atoms. The standard InChI is InChI=1S/C22H12N4.C14H8N4.2C2H4O2.2Rh/c1-2-6-14-12-18-17(11-13(14)5-1)25-21-15-7-3-9-23-19(15)20-16(22(21)26-18)8-4-10-24-20;1-3-9-11(15-5-1)12-10(4-2-6-16-12)14-13(9)17-7-8-18-14;2*1-2(3)4;;/h1-12H;1-8H;2*2H,1H3;;/q;;2*-2;2*+2. The Morgan fingerprint density at radius 1 is 0.370 bits per heavy atom. The molecule has 4 aromatic carbocycles. The Balaban J connectivity index is 0.000000175. The summed E-state index contributed by atoms with van der Waals surface area (Å²) in [5.41, 5.74) is 8.77. The summed E-state index contributed by atoms with van der Waals surface area (Å²) in [6, 6.07) is 28.3. The first kappa shape index (κ1) is 40.0. The van der Waals surface area contributed by atoms with Crippen molar-refractivity contribution in [2.75, 3.05) is 0 Å². The molecular formula is C40H28N8O4Rh2. The maximum absolute atomic E-state index is 8.97. The molecule has 0 aliphatic heterocycles. The van der Waals surface area contributed by atoms with Crippen LogP contribution in [0.1, 0.15) is 13.8 Å². The second-order valence-electron chi connectivity index (χ2n) is 11.6. The molecule has 6 aromatic heterocycles. The van der Waals surface area contributed by atoms with Crippen LogP contribution in [0.2, 0.25) is 0 Å². The van der Waals surface area contributed by atoms with Gasteiger partial charge in [0.2, 0.25) is 0 Å². The molecule has 0 amide bonds. The van der Waals surface area contributed by atoms with Gasteiger partial charge < -0.3 is 20.4 Å². The number of fused-ring (bicyclic) bond motifs is 14. The van der Waals surface area contributed by atoms with Gasteiger partial charge >= 0.3 is 39.0 Å². The van der Waals surface area contributed by atoms with Crippen LogP contribution in [-0.2, 0) is 39.0 Å². The Morgan fingerprint density at radius 2 is 0.630 bits per heavy atom. The van der Waals surface area contributed by atoms with Gasteiger partial charge in [0.25, 0.3) is 0 Å². The average molecular weight is 891 g/mol. The molecule has 0 aliphatic carbocycles. The van der Waals surface area contributed by atoms with E-state index in [1.807, 2.05) is 60.7 Å². The van der Waals surface area contributed by atoms with Crippen molar-refractivity contribution in [2.45, 2.75) is 26.4 Å². The third-order valence-corrected chi connectivity index (χ3v) is 7.93. The molecule has 0 fully saturated rings. The molecule has 10 aromatic rings. The van der Waals surface area contributed by atoms with E-state index in [4.69, 9.17) is 30.4 Å². The fraction of sp³-hybridized carbons (Fsp3) is 0.100. The van der Waals surface area contributed by atoms with Gasteiger partial charge in [-0.05, 0) is 71.4 Å². The Morgan fingerprint density at radius 3 is 0.926 bits per heavy atom. The molecule has 0 spiro atoms. The first-order chi connectivity index (χ1) is 25.3. The summed E-state index contributed by atoms with van der Waals surface area (Å²) in [4.78, 5) is 36.8. The van der Waals surface area contributed by atoms with Crippen molar-refractivity contribution in [3.05, 3.63) is 122 Å². The van der Waals surface area contributed by atoms with E-state index >= 15 is 0 Å². The third kappa shape index (κ3) is 8.30. The molecule has 0 N–H and O–H groups in total. The fourth-order valence-corrected chi connectivity index (χ4v) is 5.99. The fourth-order valence-electron chi connectivity index (χ4n) is 5.99. The molecule has 12 nitrogen and oxygen atoms in total. The van der Waals surface area contributed by atoms with Crippen LogP contribution < -0.4 is 20.4 Å². The number of benzene rings is 4. The predicted molar refractivity (Wildman–Crippen MR) is 194 cm³/mol. The first-order valence-corrected chi connectivity index (χ1v) is 16.3. The van der Waals surface area contributed by atoms with Crippen LogP contribution in [0.5, 0.6) is 0 Å². The zero-order valence-electron chi connectivity index (χ0n) is 28.6. The molecule has 0 unspecified atom stereocenters. The van der Waals surface area contributed by atoms with Crippen LogP contribution in [0, 0.1) is 0 Å². The molecule has 0 aliphatic rings. The smallest absolute Gasteiger partial charge is 0.866 e. The van der Waals surface area contributed by atoms with Gasteiger partial charge in [-0.1, -0.05) is 38.1 Å². The molecule has 270 valence electrons. The van der Waals surface area contributed by atoms with E-state index in [1.54, 1.807) is 37.2 Å². The van der Waals surface area contributed by atoms with Crippen molar-refractivity contribution >= 4 is 87.5 Å². The van der Waals surface area contributed by atoms with E-state index in [0.717, 1.165) is 90.6 Å². The SMILES string of the molecule is CC([O-])[O-].CC([O-])[O-].[Rh+2].[Rh+2].c1ccc2cc3nc4c5cccnc5c5ncccc5c4nc3cc2c1.c1cnc2c(c1)c1nccnc1c1cccnc12. The molecule has 14 heteroatoms. The Bertz CT molecular complexity index is 2540. The molecule has 54 heavy (non-hydrogen) atoms. The molecule has 6 heterocycles. The summed E-state index contributed by atoms with van der Waals surface area (Å²) in [5.74, 6) is 0. The van der Waals surface area contributed by atoms with Crippen LogP contribution in [0.15, 0.2) is 122 Å². The van der Waals surface area contributed by atoms with Gasteiger partial charge in [-0.3, -0.25) is 29.9 Å². The van der Waals surface area contributed by atoms with Gasteiger partial charge in [0, 0.05) is 58.7 Å². The van der Waals surface area contributed by atoms with Crippen molar-refractivity contribution in [1.29, 1.82) is 0 Å². The van der Waals surface area contributed by atoms with Crippen molar-refractivity contribution < 1.29 is 59.4 Å². The minimum Gasteiger partial charge on any atom is -0.866 e. The second-order valence-corrected chi connectivity index (χ2v) is 11.6. The van der Waals surface area contributed by atoms with E-state index < -0.39 is 12.6 Å². The van der Waals surface area contributed by atoms with Crippen LogP contribution >= 0.6 is 0 Å². The van der Waals surface area contributed by atoms with E-state index in [-0.39, 0.29) is 39.0 Å². The number of aromatic nitrogens is 8. The quantitative estimate of drug-likeness (QED) is 0.0925. The van der Waals surface area contributed by atoms with Gasteiger partial charge in [0.05, 0.1) is 55.2 Å². The molecular weight excluding hydrogens is 862 g/mol. The van der Waals surface area contributed by atoms with Crippen molar-refractivity contribution in [3.63, 3.8) is 0 Å². The number of hydrogen-bond acceptors (Lipinski definition) is 12. The maximum atomic E-state index is 8.97. The van der Waals surface area contributed by atoms with Crippen molar-refractivity contribution in [1.82, 2.24) is 39.9 Å². The van der Waals surface area contributed by atoms with Crippen LogP contribution in [0.3, 0.4) is 0 Å². The molecule has 10 rings (SSSR count). The largest absolute Gasteiger partial charge is 2.00 e. The summed E-state index contributed by atoms with van der Waals surface area (Å²) in [5, 5.41) is 42.2. The van der Waals surface area contributed by atoms with E-state index in [1.165, 1.54) is 10.8 Å². The topological polar surface area (TPSA) is 195 Å². The molecule has 0 saturated heterocycles. The number of rotatable bonds is 0. The first-order valence-electron chi connectivity index (χ1n) is 16.3. The average Bonchev–Trinajstić information content (AvgIpc) is 3.16. The van der Waals surface area contributed by atoms with Gasteiger partial charge in [0.1, 0.15) is 0 Å². The number of nitrogens with zero attached hydrogens (tertiary/aromatic N) is 8. The van der Waals surface area contributed by atoms with E-state index in [2.05, 4.69) is 54.2 Å². The van der Waals surface area contributed by atoms with Gasteiger partial charge in [0.15, 0.2) is 0 Å². The summed E-state index contributed by atoms with van der Waals surface area (Å²) >= 11 is 0. The molecule has 2 radical (unpaired) electrons. The maximum Gasteiger partial charge on any atom is 2.00 e. The summed E-state index contributed by atoms with van der Waals surface area (Å²) in [6.45, 7) is 2.11. The Labute approximate surface area is 333 Å². The third-order valence-electron chi connectivity index (χ3n) is 7.93. The van der Waals surface area contributed by atoms with Gasteiger partial charge in [-0.15, -0.1) is 0 Å². The van der Waals surface area contributed by atoms with Crippen molar-refractivity contribution in [2.24, 2.45) is 0 Å². The summed E-state index contributed by atoms with van der Waals surface area (Å²) in [6.07, 6.45) is 7.22. The van der Waals surface area contributed by atoms with Gasteiger partial charge in [-0.25, -0.2) is 22.5 Å². The van der Waals surface area contributed by atoms with Crippen LogP contribution in [0.4, 0.5) is 0 Å². The van der Waals surface area contributed by atoms with E-state index in [0.29, 0.717) is 0 Å². The van der Waals surface area contributed by atoms with Gasteiger partial charge in [-0.2, -0.15) is 0 Å². The number of hydrogen-bond donors (Lipinski definition) is 0. The Kier molecular flexibility index (Phi) is 13.2. The predicted octanol–water partition coefficient (Wildman–Crippen LogP) is 3.86. The minimum absolute atomic E-state index is 0. The zero-order chi connectivity index (χ0) is 36.2. The second kappa shape index (κ2) is 17.8. The zero-order valence-corrected chi connectivity index (χ0v) is 31.9. The van der Waals surface area contributed by atoms with Crippen LogP contribution in [0.25, 0.3) is 87.5 Å². The summed E-state index contributed by atoms with van der Waals surface area (Å²) < 4.78 is 0. The van der Waals surface area contributed by atoms with E-state index in [9.17, 15) is 0 Å². The molecule has 0 atom stereocenters. The Hall–Kier alpha value is -5.19. The molecule has 0 saturated carbocycles. The number of pyridine rings is 4.